The van der Waals surface area contributed by atoms with Crippen LogP contribution in [0, 0.1) is 12.0 Å². The predicted molar refractivity (Wildman–Crippen MR) is 61.6 cm³/mol. The van der Waals surface area contributed by atoms with Gasteiger partial charge in [0, 0.05) is 11.6 Å². The third-order valence-electron chi connectivity index (χ3n) is 2.25. The quantitative estimate of drug-likeness (QED) is 0.372. The van der Waals surface area contributed by atoms with Crippen molar-refractivity contribution in [2.24, 2.45) is 0 Å². The number of benzene rings is 1. The van der Waals surface area contributed by atoms with Gasteiger partial charge in [0.05, 0.1) is 11.4 Å². The summed E-state index contributed by atoms with van der Waals surface area (Å²) in [6.07, 6.45) is -1.29. The van der Waals surface area contributed by atoms with E-state index in [4.69, 9.17) is 10.3 Å². The average molecular weight is 287 g/mol. The van der Waals surface area contributed by atoms with Crippen LogP contribution in [0.15, 0.2) is 29.2 Å². The fourth-order valence-corrected chi connectivity index (χ4v) is 2.10. The van der Waals surface area contributed by atoms with Gasteiger partial charge in [-0.2, -0.15) is 22.2 Å². The van der Waals surface area contributed by atoms with E-state index in [0.717, 1.165) is 12.1 Å². The number of hydrogen-bond donors (Lipinski definition) is 2. The SMILES string of the molecule is Nc1ccc(-c2cc(F)nc(F)n2)cc1S(=O)(=O)O. The Morgan fingerprint density at radius 1 is 1.16 bits per heavy atom. The molecule has 0 radical (unpaired) electrons. The molecule has 0 saturated heterocycles. The summed E-state index contributed by atoms with van der Waals surface area (Å²) in [4.78, 5) is 5.57. The van der Waals surface area contributed by atoms with E-state index in [1.807, 2.05) is 0 Å². The molecule has 0 bridgehead atoms. The van der Waals surface area contributed by atoms with Gasteiger partial charge in [0.1, 0.15) is 4.90 Å². The molecule has 9 heteroatoms. The van der Waals surface area contributed by atoms with Crippen molar-refractivity contribution >= 4 is 15.8 Å². The van der Waals surface area contributed by atoms with Gasteiger partial charge in [0.2, 0.25) is 5.95 Å². The van der Waals surface area contributed by atoms with Gasteiger partial charge in [-0.1, -0.05) is 6.07 Å². The molecule has 0 aliphatic heterocycles. The van der Waals surface area contributed by atoms with Crippen LogP contribution in [0.25, 0.3) is 11.3 Å². The number of nitrogens with zero attached hydrogens (tertiary/aromatic N) is 2. The van der Waals surface area contributed by atoms with Gasteiger partial charge in [-0.25, -0.2) is 4.98 Å². The maximum absolute atomic E-state index is 12.9. The topological polar surface area (TPSA) is 106 Å². The van der Waals surface area contributed by atoms with Crippen molar-refractivity contribution in [2.75, 3.05) is 5.73 Å². The smallest absolute Gasteiger partial charge is 0.311 e. The minimum atomic E-state index is -4.54. The van der Waals surface area contributed by atoms with Crippen LogP contribution in [-0.2, 0) is 10.1 Å². The van der Waals surface area contributed by atoms with Gasteiger partial charge in [0.25, 0.3) is 10.1 Å². The minimum Gasteiger partial charge on any atom is -0.398 e. The third-order valence-corrected chi connectivity index (χ3v) is 3.16. The predicted octanol–water partition coefficient (Wildman–Crippen LogP) is 1.25. The van der Waals surface area contributed by atoms with Crippen LogP contribution in [-0.4, -0.2) is 22.9 Å². The molecule has 0 fully saturated rings. The average Bonchev–Trinajstić information content (AvgIpc) is 2.26. The second-order valence-corrected chi connectivity index (χ2v) is 4.96. The van der Waals surface area contributed by atoms with E-state index in [2.05, 4.69) is 9.97 Å². The number of nitrogen functional groups attached to an aromatic ring is 1. The minimum absolute atomic E-state index is 0.0713. The van der Waals surface area contributed by atoms with Crippen LogP contribution in [0.5, 0.6) is 0 Å². The van der Waals surface area contributed by atoms with E-state index >= 15 is 0 Å². The molecule has 1 heterocycles. The van der Waals surface area contributed by atoms with Crippen molar-refractivity contribution in [3.8, 4) is 11.3 Å². The first-order valence-electron chi connectivity index (χ1n) is 4.85. The fourth-order valence-electron chi connectivity index (χ4n) is 1.45. The molecule has 0 amide bonds. The van der Waals surface area contributed by atoms with E-state index < -0.39 is 27.0 Å². The maximum Gasteiger partial charge on any atom is 0.311 e. The molecule has 0 saturated carbocycles. The Balaban J connectivity index is 2.64. The molecule has 3 N–H and O–H groups in total. The fraction of sp³-hybridized carbons (Fsp3) is 0. The molecular weight excluding hydrogens is 280 g/mol. The van der Waals surface area contributed by atoms with Gasteiger partial charge in [-0.05, 0) is 12.1 Å². The molecule has 0 atom stereocenters. The number of halogens is 2. The Hall–Kier alpha value is -2.13. The Bertz CT molecular complexity index is 729. The van der Waals surface area contributed by atoms with Crippen molar-refractivity contribution in [1.82, 2.24) is 9.97 Å². The van der Waals surface area contributed by atoms with Crippen LogP contribution in [0.1, 0.15) is 0 Å². The van der Waals surface area contributed by atoms with Gasteiger partial charge in [-0.3, -0.25) is 4.55 Å². The van der Waals surface area contributed by atoms with Crippen molar-refractivity contribution in [3.05, 3.63) is 36.3 Å². The van der Waals surface area contributed by atoms with Crippen LogP contribution >= 0.6 is 0 Å². The lowest BCUT2D eigenvalue weighted by atomic mass is 10.1. The van der Waals surface area contributed by atoms with E-state index in [9.17, 15) is 17.2 Å². The zero-order valence-corrected chi connectivity index (χ0v) is 10.0. The van der Waals surface area contributed by atoms with Crippen LogP contribution < -0.4 is 5.73 Å². The van der Waals surface area contributed by atoms with Crippen LogP contribution in [0.4, 0.5) is 14.5 Å². The number of anilines is 1. The molecule has 2 rings (SSSR count). The molecule has 6 nitrogen and oxygen atoms in total. The molecule has 19 heavy (non-hydrogen) atoms. The van der Waals surface area contributed by atoms with Gasteiger partial charge >= 0.3 is 6.08 Å². The summed E-state index contributed by atoms with van der Waals surface area (Å²) in [6, 6.07) is 4.27. The van der Waals surface area contributed by atoms with E-state index in [0.29, 0.717) is 0 Å². The number of hydrogen-bond acceptors (Lipinski definition) is 5. The summed E-state index contributed by atoms with van der Waals surface area (Å²) in [5.41, 5.74) is 5.10. The zero-order valence-electron chi connectivity index (χ0n) is 9.21. The Morgan fingerprint density at radius 3 is 2.42 bits per heavy atom. The molecule has 0 unspecified atom stereocenters. The van der Waals surface area contributed by atoms with Gasteiger partial charge in [-0.15, -0.1) is 0 Å². The number of nitrogens with two attached hydrogens (primary N) is 1. The second kappa shape index (κ2) is 4.52. The summed E-state index contributed by atoms with van der Waals surface area (Å²) < 4.78 is 56.9. The molecule has 1 aromatic heterocycles. The monoisotopic (exact) mass is 287 g/mol. The zero-order chi connectivity index (χ0) is 14.2. The van der Waals surface area contributed by atoms with Crippen LogP contribution in [0.3, 0.4) is 0 Å². The molecule has 0 spiro atoms. The molecule has 0 aliphatic carbocycles. The molecule has 100 valence electrons. The number of rotatable bonds is 2. The number of aromatic nitrogens is 2. The molecular formula is C10H7F2N3O3S. The highest BCUT2D eigenvalue weighted by Crippen LogP contribution is 2.25. The lowest BCUT2D eigenvalue weighted by molar-refractivity contribution is 0.483. The maximum atomic E-state index is 12.9. The Morgan fingerprint density at radius 2 is 1.84 bits per heavy atom. The molecule has 2 aromatic rings. The Kier molecular flexibility index (Phi) is 3.16. The second-order valence-electron chi connectivity index (χ2n) is 3.57. The lowest BCUT2D eigenvalue weighted by Crippen LogP contribution is -2.04. The van der Waals surface area contributed by atoms with E-state index in [1.165, 1.54) is 12.1 Å². The van der Waals surface area contributed by atoms with Crippen molar-refractivity contribution in [3.63, 3.8) is 0 Å². The molecule has 1 aromatic carbocycles. The highest BCUT2D eigenvalue weighted by atomic mass is 32.2. The summed E-state index contributed by atoms with van der Waals surface area (Å²) >= 11 is 0. The van der Waals surface area contributed by atoms with E-state index in [-0.39, 0.29) is 16.9 Å². The summed E-state index contributed by atoms with van der Waals surface area (Å²) in [7, 11) is -4.54. The van der Waals surface area contributed by atoms with Gasteiger partial charge < -0.3 is 5.73 Å². The summed E-state index contributed by atoms with van der Waals surface area (Å²) in [6.45, 7) is 0. The third kappa shape index (κ3) is 2.83. The normalized spacial score (nSPS) is 11.5. The highest BCUT2D eigenvalue weighted by Gasteiger charge is 2.16. The lowest BCUT2D eigenvalue weighted by Gasteiger charge is -2.06. The Labute approximate surface area is 106 Å². The summed E-state index contributed by atoms with van der Waals surface area (Å²) in [5, 5.41) is 0. The molecule has 0 aliphatic rings. The largest absolute Gasteiger partial charge is 0.398 e. The first-order chi connectivity index (χ1) is 8.77. The van der Waals surface area contributed by atoms with E-state index in [1.54, 1.807) is 0 Å². The first kappa shape index (κ1) is 13.3. The summed E-state index contributed by atoms with van der Waals surface area (Å²) in [5.74, 6) is -1.10. The van der Waals surface area contributed by atoms with Crippen molar-refractivity contribution in [2.45, 2.75) is 4.90 Å². The first-order valence-corrected chi connectivity index (χ1v) is 6.29. The highest BCUT2D eigenvalue weighted by molar-refractivity contribution is 7.86. The standard InChI is InChI=1S/C10H7F2N3O3S/c11-9-4-7(14-10(12)15-9)5-1-2-6(13)8(3-5)19(16,17)18/h1-4H,13H2,(H,16,17,18). The van der Waals surface area contributed by atoms with Crippen molar-refractivity contribution < 1.29 is 21.8 Å². The van der Waals surface area contributed by atoms with Crippen LogP contribution in [0.2, 0.25) is 0 Å². The van der Waals surface area contributed by atoms with Crippen molar-refractivity contribution in [1.29, 1.82) is 0 Å². The van der Waals surface area contributed by atoms with Gasteiger partial charge in [0.15, 0.2) is 0 Å².